The second kappa shape index (κ2) is 12.6. The molecule has 1 aliphatic carbocycles. The molecule has 5 atom stereocenters. The summed E-state index contributed by atoms with van der Waals surface area (Å²) >= 11 is 0. The van der Waals surface area contributed by atoms with Gasteiger partial charge in [0.25, 0.3) is 0 Å². The molecule has 4 rings (SSSR count). The lowest BCUT2D eigenvalue weighted by Crippen LogP contribution is -2.50. The van der Waals surface area contributed by atoms with Crippen molar-refractivity contribution in [1.82, 2.24) is 19.9 Å². The van der Waals surface area contributed by atoms with Gasteiger partial charge in [0.2, 0.25) is 5.60 Å². The predicted molar refractivity (Wildman–Crippen MR) is 137 cm³/mol. The Kier molecular flexibility index (Phi) is 9.18. The molecule has 216 valence electrons. The average molecular weight is 559 g/mol. The van der Waals surface area contributed by atoms with Gasteiger partial charge in [-0.1, -0.05) is 6.42 Å². The van der Waals surface area contributed by atoms with Gasteiger partial charge in [0, 0.05) is 13.8 Å². The van der Waals surface area contributed by atoms with Crippen LogP contribution in [-0.4, -0.2) is 75.8 Å². The highest BCUT2D eigenvalue weighted by Gasteiger charge is 2.61. The number of hydrogen-bond donors (Lipinski definition) is 2. The number of nitrogens with one attached hydrogen (secondary N) is 1. The molecular weight excluding hydrogens is 524 g/mol. The first kappa shape index (κ1) is 29.2. The fraction of sp³-hybridized carbons (Fsp3) is 0.615. The van der Waals surface area contributed by atoms with Gasteiger partial charge < -0.3 is 29.4 Å². The summed E-state index contributed by atoms with van der Waals surface area (Å²) in [6.45, 7) is 3.50. The van der Waals surface area contributed by atoms with E-state index >= 15 is 0 Å². The number of carbonyl (C=O) groups is 3. The molecule has 0 amide bonds. The molecule has 3 heterocycles. The van der Waals surface area contributed by atoms with Crippen LogP contribution in [0.4, 0.5) is 5.82 Å². The molecule has 40 heavy (non-hydrogen) atoms. The summed E-state index contributed by atoms with van der Waals surface area (Å²) in [6, 6.07) is 4.68. The van der Waals surface area contributed by atoms with Gasteiger partial charge in [-0.15, -0.1) is 0 Å². The highest BCUT2D eigenvalue weighted by Crippen LogP contribution is 2.44. The molecule has 2 aromatic rings. The second-order valence-electron chi connectivity index (χ2n) is 9.96. The number of rotatable bonds is 10. The van der Waals surface area contributed by atoms with Crippen molar-refractivity contribution in [2.75, 3.05) is 19.1 Å². The zero-order chi connectivity index (χ0) is 28.9. The first-order chi connectivity index (χ1) is 19.1. The lowest BCUT2D eigenvalue weighted by molar-refractivity contribution is -0.168. The van der Waals surface area contributed by atoms with Crippen LogP contribution in [0.1, 0.15) is 64.7 Å². The van der Waals surface area contributed by atoms with E-state index in [-0.39, 0.29) is 25.3 Å². The molecular formula is C26H34N6O8. The molecule has 14 heteroatoms. The molecule has 0 bridgehead atoms. The summed E-state index contributed by atoms with van der Waals surface area (Å²) in [5, 5.41) is 17.4. The SMILES string of the molecule is CC(=O)O[C@H]1[C@H](c2ccc3c(N)ncnn23)O[C@](C#N)(COCN[C@@H](C)C(=O)OC2CCCCC2)[C@H]1OC(C)=O. The third-order valence-corrected chi connectivity index (χ3v) is 6.98. The van der Waals surface area contributed by atoms with Crippen LogP contribution in [0.3, 0.4) is 0 Å². The Morgan fingerprint density at radius 1 is 1.20 bits per heavy atom. The maximum atomic E-state index is 12.5. The summed E-state index contributed by atoms with van der Waals surface area (Å²) in [6.07, 6.45) is 2.47. The van der Waals surface area contributed by atoms with Crippen molar-refractivity contribution < 1.29 is 38.1 Å². The number of hydrogen-bond acceptors (Lipinski definition) is 13. The fourth-order valence-corrected chi connectivity index (χ4v) is 5.02. The first-order valence-electron chi connectivity index (χ1n) is 13.2. The van der Waals surface area contributed by atoms with Crippen LogP contribution in [0, 0.1) is 11.3 Å². The molecule has 3 N–H and O–H groups in total. The van der Waals surface area contributed by atoms with E-state index in [0.717, 1.165) is 32.1 Å². The van der Waals surface area contributed by atoms with Crippen molar-refractivity contribution in [3.63, 3.8) is 0 Å². The number of aromatic nitrogens is 3. The molecule has 0 spiro atoms. The van der Waals surface area contributed by atoms with E-state index in [4.69, 9.17) is 29.4 Å². The van der Waals surface area contributed by atoms with E-state index in [1.807, 2.05) is 0 Å². The molecule has 0 aromatic carbocycles. The van der Waals surface area contributed by atoms with Crippen LogP contribution in [0.15, 0.2) is 18.5 Å². The van der Waals surface area contributed by atoms with Gasteiger partial charge in [0.1, 0.15) is 36.2 Å². The minimum Gasteiger partial charge on any atom is -0.461 e. The van der Waals surface area contributed by atoms with Gasteiger partial charge in [0.05, 0.1) is 19.0 Å². The average Bonchev–Trinajstić information content (AvgIpc) is 3.47. The summed E-state index contributed by atoms with van der Waals surface area (Å²) in [5.41, 5.74) is 4.95. The number of carbonyl (C=O) groups excluding carboxylic acids is 3. The van der Waals surface area contributed by atoms with Crippen LogP contribution in [-0.2, 0) is 38.1 Å². The van der Waals surface area contributed by atoms with Crippen molar-refractivity contribution in [1.29, 1.82) is 5.26 Å². The minimum atomic E-state index is -1.87. The second-order valence-corrected chi connectivity index (χ2v) is 9.96. The van der Waals surface area contributed by atoms with Crippen LogP contribution in [0.2, 0.25) is 0 Å². The number of ether oxygens (including phenoxy) is 5. The number of fused-ring (bicyclic) bond motifs is 1. The third-order valence-electron chi connectivity index (χ3n) is 6.98. The van der Waals surface area contributed by atoms with Crippen LogP contribution in [0.5, 0.6) is 0 Å². The van der Waals surface area contributed by atoms with Gasteiger partial charge in [-0.2, -0.15) is 10.4 Å². The molecule has 1 saturated carbocycles. The highest BCUT2D eigenvalue weighted by molar-refractivity contribution is 5.75. The number of nitrogens with two attached hydrogens (primary N) is 1. The normalized spacial score (nSPS) is 25.7. The molecule has 2 fully saturated rings. The Balaban J connectivity index is 1.50. The summed E-state index contributed by atoms with van der Waals surface area (Å²) in [4.78, 5) is 40.6. The van der Waals surface area contributed by atoms with Gasteiger partial charge in [-0.3, -0.25) is 19.7 Å². The lowest BCUT2D eigenvalue weighted by Gasteiger charge is -2.28. The number of nitriles is 1. The molecule has 14 nitrogen and oxygen atoms in total. The summed E-state index contributed by atoms with van der Waals surface area (Å²) < 4.78 is 29.9. The van der Waals surface area contributed by atoms with E-state index in [0.29, 0.717) is 11.2 Å². The highest BCUT2D eigenvalue weighted by atomic mass is 16.7. The Bertz CT molecular complexity index is 1270. The molecule has 1 aliphatic heterocycles. The number of anilines is 1. The Hall–Kier alpha value is -3.80. The first-order valence-corrected chi connectivity index (χ1v) is 13.2. The van der Waals surface area contributed by atoms with E-state index in [1.165, 1.54) is 24.7 Å². The number of nitrogens with zero attached hydrogens (tertiary/aromatic N) is 4. The van der Waals surface area contributed by atoms with E-state index in [1.54, 1.807) is 19.1 Å². The van der Waals surface area contributed by atoms with Crippen molar-refractivity contribution in [3.05, 3.63) is 24.2 Å². The molecule has 2 aromatic heterocycles. The van der Waals surface area contributed by atoms with Crippen molar-refractivity contribution in [2.45, 2.75) is 88.9 Å². The number of esters is 3. The summed E-state index contributed by atoms with van der Waals surface area (Å²) in [7, 11) is 0. The van der Waals surface area contributed by atoms with Crippen LogP contribution >= 0.6 is 0 Å². The Morgan fingerprint density at radius 3 is 2.60 bits per heavy atom. The van der Waals surface area contributed by atoms with Gasteiger partial charge >= 0.3 is 17.9 Å². The maximum absolute atomic E-state index is 12.5. The number of nitrogen functional groups attached to an aromatic ring is 1. The fourth-order valence-electron chi connectivity index (χ4n) is 5.02. The quantitative estimate of drug-likeness (QED) is 0.184. The topological polar surface area (TPSA) is 189 Å². The van der Waals surface area contributed by atoms with Gasteiger partial charge in [-0.05, 0) is 44.7 Å². The maximum Gasteiger partial charge on any atom is 0.323 e. The smallest absolute Gasteiger partial charge is 0.323 e. The van der Waals surface area contributed by atoms with Crippen LogP contribution in [0.25, 0.3) is 5.52 Å². The molecule has 2 aliphatic rings. The third kappa shape index (κ3) is 6.33. The monoisotopic (exact) mass is 558 g/mol. The van der Waals surface area contributed by atoms with E-state index < -0.39 is 47.9 Å². The Labute approximate surface area is 231 Å². The van der Waals surface area contributed by atoms with Gasteiger partial charge in [-0.25, -0.2) is 9.50 Å². The van der Waals surface area contributed by atoms with Gasteiger partial charge in [0.15, 0.2) is 18.0 Å². The predicted octanol–water partition coefficient (Wildman–Crippen LogP) is 1.34. The minimum absolute atomic E-state index is 0.0782. The van der Waals surface area contributed by atoms with E-state index in [9.17, 15) is 19.6 Å². The molecule has 0 radical (unpaired) electrons. The zero-order valence-corrected chi connectivity index (χ0v) is 22.7. The van der Waals surface area contributed by atoms with Crippen molar-refractivity contribution in [2.24, 2.45) is 0 Å². The zero-order valence-electron chi connectivity index (χ0n) is 22.7. The largest absolute Gasteiger partial charge is 0.461 e. The van der Waals surface area contributed by atoms with Crippen LogP contribution < -0.4 is 11.1 Å². The van der Waals surface area contributed by atoms with Crippen molar-refractivity contribution in [3.8, 4) is 6.07 Å². The summed E-state index contributed by atoms with van der Waals surface area (Å²) in [5.74, 6) is -1.57. The standard InChI is InChI=1S/C26H34N6O8/c1-15(25(35)39-18-7-5-4-6-8-18)30-14-36-12-26(11-27)23(38-17(3)34)22(37-16(2)33)21(40-26)19-9-10-20-24(28)29-13-31-32(19)20/h9-10,13,15,18,21-23,30H,4-8,12,14H2,1-3H3,(H2,28,29,31)/t15-,21-,22-,23-,26+/m0/s1. The lowest BCUT2D eigenvalue weighted by atomic mass is 9.95. The van der Waals surface area contributed by atoms with E-state index in [2.05, 4.69) is 21.5 Å². The molecule has 0 unspecified atom stereocenters. The van der Waals surface area contributed by atoms with Crippen molar-refractivity contribution >= 4 is 29.2 Å². The molecule has 1 saturated heterocycles. The Morgan fingerprint density at radius 2 is 1.93 bits per heavy atom.